The lowest BCUT2D eigenvalue weighted by Gasteiger charge is -2.31. The maximum Gasteiger partial charge on any atom is 0.141 e. The Morgan fingerprint density at radius 2 is 2.00 bits per heavy atom. The van der Waals surface area contributed by atoms with Crippen molar-refractivity contribution in [1.82, 2.24) is 0 Å². The molecule has 118 valence electrons. The summed E-state index contributed by atoms with van der Waals surface area (Å²) in [4.78, 5) is 0. The molecule has 21 heavy (non-hydrogen) atoms. The molecule has 0 aliphatic heterocycles. The Labute approximate surface area is 133 Å². The Kier molecular flexibility index (Phi) is 4.99. The van der Waals surface area contributed by atoms with Crippen LogP contribution in [0, 0.1) is 17.2 Å². The van der Waals surface area contributed by atoms with Crippen LogP contribution < -0.4 is 5.73 Å². The topological polar surface area (TPSA) is 26.0 Å². The van der Waals surface area contributed by atoms with Crippen LogP contribution in [-0.4, -0.2) is 5.54 Å². The van der Waals surface area contributed by atoms with E-state index in [1.807, 2.05) is 6.07 Å². The zero-order chi connectivity index (χ0) is 15.7. The zero-order valence-corrected chi connectivity index (χ0v) is 14.1. The van der Waals surface area contributed by atoms with Gasteiger partial charge in [0.15, 0.2) is 0 Å². The highest BCUT2D eigenvalue weighted by Gasteiger charge is 2.33. The van der Waals surface area contributed by atoms with Crippen LogP contribution in [0.2, 0.25) is 5.02 Å². The van der Waals surface area contributed by atoms with Gasteiger partial charge >= 0.3 is 0 Å². The molecule has 3 heteroatoms. The van der Waals surface area contributed by atoms with Crippen molar-refractivity contribution in [2.75, 3.05) is 0 Å². The van der Waals surface area contributed by atoms with Crippen molar-refractivity contribution < 1.29 is 4.39 Å². The second-order valence-electron chi connectivity index (χ2n) is 7.78. The second kappa shape index (κ2) is 6.26. The highest BCUT2D eigenvalue weighted by Crippen LogP contribution is 2.40. The molecule has 2 rings (SSSR count). The predicted octanol–water partition coefficient (Wildman–Crippen LogP) is 5.35. The van der Waals surface area contributed by atoms with Crippen molar-refractivity contribution in [3.05, 3.63) is 34.6 Å². The first-order valence-electron chi connectivity index (χ1n) is 7.92. The van der Waals surface area contributed by atoms with Gasteiger partial charge in [0.1, 0.15) is 5.82 Å². The summed E-state index contributed by atoms with van der Waals surface area (Å²) < 4.78 is 13.3. The van der Waals surface area contributed by atoms with E-state index in [9.17, 15) is 4.39 Å². The zero-order valence-electron chi connectivity index (χ0n) is 13.4. The van der Waals surface area contributed by atoms with E-state index in [2.05, 4.69) is 20.8 Å². The van der Waals surface area contributed by atoms with E-state index in [1.54, 1.807) is 6.07 Å². The van der Waals surface area contributed by atoms with Crippen molar-refractivity contribution in [3.8, 4) is 0 Å². The molecule has 0 bridgehead atoms. The summed E-state index contributed by atoms with van der Waals surface area (Å²) in [6.45, 7) is 6.96. The molecule has 0 heterocycles. The molecule has 1 aliphatic carbocycles. The first-order chi connectivity index (χ1) is 9.70. The van der Waals surface area contributed by atoms with Crippen molar-refractivity contribution in [2.45, 2.75) is 64.8 Å². The summed E-state index contributed by atoms with van der Waals surface area (Å²) in [5, 5.41) is 0.192. The van der Waals surface area contributed by atoms with Crippen LogP contribution in [0.1, 0.15) is 58.4 Å². The Balaban J connectivity index is 2.06. The van der Waals surface area contributed by atoms with E-state index >= 15 is 0 Å². The molecule has 2 N–H and O–H groups in total. The van der Waals surface area contributed by atoms with Crippen molar-refractivity contribution in [2.24, 2.45) is 17.1 Å². The Hall–Kier alpha value is -0.600. The maximum absolute atomic E-state index is 13.3. The number of halogens is 2. The monoisotopic (exact) mass is 311 g/mol. The molecule has 0 amide bonds. The first-order valence-corrected chi connectivity index (χ1v) is 8.30. The van der Waals surface area contributed by atoms with E-state index in [1.165, 1.54) is 25.3 Å². The van der Waals surface area contributed by atoms with Gasteiger partial charge in [0.25, 0.3) is 0 Å². The summed E-state index contributed by atoms with van der Waals surface area (Å²) in [5.74, 6) is 0.375. The predicted molar refractivity (Wildman–Crippen MR) is 88.1 cm³/mol. The Bertz CT molecular complexity index is 494. The number of nitrogens with two attached hydrogens (primary N) is 1. The Morgan fingerprint density at radius 1 is 1.29 bits per heavy atom. The molecule has 1 saturated carbocycles. The third kappa shape index (κ3) is 4.43. The molecule has 0 saturated heterocycles. The summed E-state index contributed by atoms with van der Waals surface area (Å²) in [5.41, 5.74) is 7.86. The van der Waals surface area contributed by atoms with Gasteiger partial charge in [-0.2, -0.15) is 0 Å². The van der Waals surface area contributed by atoms with Gasteiger partial charge < -0.3 is 5.73 Å². The minimum absolute atomic E-state index is 0.179. The highest BCUT2D eigenvalue weighted by atomic mass is 35.5. The van der Waals surface area contributed by atoms with Gasteiger partial charge in [-0.3, -0.25) is 0 Å². The second-order valence-corrected chi connectivity index (χ2v) is 8.19. The van der Waals surface area contributed by atoms with Crippen molar-refractivity contribution in [1.29, 1.82) is 0 Å². The molecule has 1 aromatic carbocycles. The minimum Gasteiger partial charge on any atom is -0.325 e. The van der Waals surface area contributed by atoms with Crippen LogP contribution in [0.3, 0.4) is 0 Å². The maximum atomic E-state index is 13.3. The molecule has 0 aromatic heterocycles. The fourth-order valence-electron chi connectivity index (χ4n) is 3.53. The fourth-order valence-corrected chi connectivity index (χ4v) is 3.73. The third-order valence-corrected chi connectivity index (χ3v) is 5.27. The van der Waals surface area contributed by atoms with Gasteiger partial charge in [-0.05, 0) is 61.1 Å². The van der Waals surface area contributed by atoms with Crippen molar-refractivity contribution in [3.63, 3.8) is 0 Å². The summed E-state index contributed by atoms with van der Waals surface area (Å²) in [7, 11) is 0. The SMILES string of the molecule is CC(C)(C)C1CCCC(N)(Cc2ccc(F)c(Cl)c2)CC1. The molecule has 0 spiro atoms. The van der Waals surface area contributed by atoms with Gasteiger partial charge in [0.05, 0.1) is 5.02 Å². The Morgan fingerprint density at radius 3 is 2.62 bits per heavy atom. The number of benzene rings is 1. The lowest BCUT2D eigenvalue weighted by atomic mass is 9.76. The number of hydrogen-bond donors (Lipinski definition) is 1. The van der Waals surface area contributed by atoms with E-state index in [0.717, 1.165) is 30.7 Å². The van der Waals surface area contributed by atoms with Crippen molar-refractivity contribution >= 4 is 11.6 Å². The van der Waals surface area contributed by atoms with E-state index < -0.39 is 0 Å². The number of hydrogen-bond acceptors (Lipinski definition) is 1. The van der Waals surface area contributed by atoms with Gasteiger partial charge in [0, 0.05) is 5.54 Å². The smallest absolute Gasteiger partial charge is 0.141 e. The van der Waals surface area contributed by atoms with Gasteiger partial charge in [-0.1, -0.05) is 44.9 Å². The summed E-state index contributed by atoms with van der Waals surface area (Å²) in [6.07, 6.45) is 6.46. The van der Waals surface area contributed by atoms with Gasteiger partial charge in [-0.25, -0.2) is 4.39 Å². The standard InChI is InChI=1S/C18H27ClFN/c1-17(2,3)14-5-4-9-18(21,10-8-14)12-13-6-7-16(20)15(19)11-13/h6-7,11,14H,4-5,8-10,12,21H2,1-3H3. The molecule has 1 aliphatic rings. The molecular formula is C18H27ClFN. The molecule has 1 fully saturated rings. The molecule has 1 nitrogen and oxygen atoms in total. The van der Waals surface area contributed by atoms with Gasteiger partial charge in [-0.15, -0.1) is 0 Å². The average Bonchev–Trinajstić information content (AvgIpc) is 2.55. The molecule has 2 atom stereocenters. The van der Waals surface area contributed by atoms with Crippen LogP contribution in [0.4, 0.5) is 4.39 Å². The largest absolute Gasteiger partial charge is 0.325 e. The van der Waals surface area contributed by atoms with Gasteiger partial charge in [0.2, 0.25) is 0 Å². The summed E-state index contributed by atoms with van der Waals surface area (Å²) >= 11 is 5.88. The first kappa shape index (κ1) is 16.8. The molecule has 0 radical (unpaired) electrons. The number of rotatable bonds is 2. The third-order valence-electron chi connectivity index (χ3n) is 4.98. The molecule has 1 aromatic rings. The fraction of sp³-hybridized carbons (Fsp3) is 0.667. The van der Waals surface area contributed by atoms with E-state index in [-0.39, 0.29) is 16.4 Å². The quantitative estimate of drug-likeness (QED) is 0.732. The minimum atomic E-state index is -0.361. The molecular weight excluding hydrogens is 285 g/mol. The lowest BCUT2D eigenvalue weighted by molar-refractivity contribution is 0.210. The molecule has 2 unspecified atom stereocenters. The van der Waals surface area contributed by atoms with Crippen LogP contribution in [-0.2, 0) is 6.42 Å². The van der Waals surface area contributed by atoms with Crippen LogP contribution in [0.25, 0.3) is 0 Å². The normalized spacial score (nSPS) is 27.4. The van der Waals surface area contributed by atoms with Crippen LogP contribution in [0.5, 0.6) is 0 Å². The van der Waals surface area contributed by atoms with E-state index in [4.69, 9.17) is 17.3 Å². The average molecular weight is 312 g/mol. The summed E-state index contributed by atoms with van der Waals surface area (Å²) in [6, 6.07) is 4.97. The van der Waals surface area contributed by atoms with Crippen LogP contribution in [0.15, 0.2) is 18.2 Å². The van der Waals surface area contributed by atoms with E-state index in [0.29, 0.717) is 5.41 Å². The van der Waals surface area contributed by atoms with Crippen LogP contribution >= 0.6 is 11.6 Å². The lowest BCUT2D eigenvalue weighted by Crippen LogP contribution is -2.41. The highest BCUT2D eigenvalue weighted by molar-refractivity contribution is 6.30.